The van der Waals surface area contributed by atoms with Gasteiger partial charge in [0.25, 0.3) is 0 Å². The summed E-state index contributed by atoms with van der Waals surface area (Å²) >= 11 is 0. The number of hydrogen-bond donors (Lipinski definition) is 0. The van der Waals surface area contributed by atoms with Crippen molar-refractivity contribution >= 4 is 0 Å². The van der Waals surface area contributed by atoms with Crippen molar-refractivity contribution in [1.82, 2.24) is 9.47 Å². The fourth-order valence-corrected chi connectivity index (χ4v) is 4.16. The van der Waals surface area contributed by atoms with Crippen molar-refractivity contribution in [1.29, 1.82) is 0 Å². The minimum absolute atomic E-state index is 0.0764. The Labute approximate surface area is 132 Å². The van der Waals surface area contributed by atoms with Crippen molar-refractivity contribution in [3.05, 3.63) is 54.4 Å². The summed E-state index contributed by atoms with van der Waals surface area (Å²) in [5, 5.41) is 0. The summed E-state index contributed by atoms with van der Waals surface area (Å²) in [6, 6.07) is 13.1. The number of likely N-dealkylation sites (tertiary alicyclic amines) is 1. The van der Waals surface area contributed by atoms with Crippen molar-refractivity contribution in [2.75, 3.05) is 19.6 Å². The second-order valence-corrected chi connectivity index (χ2v) is 6.58. The maximum Gasteiger partial charge on any atom is 0.136 e. The van der Waals surface area contributed by atoms with Crippen molar-refractivity contribution in [3.8, 4) is 5.75 Å². The van der Waals surface area contributed by atoms with Gasteiger partial charge in [0.2, 0.25) is 0 Å². The van der Waals surface area contributed by atoms with Gasteiger partial charge in [-0.05, 0) is 31.2 Å². The SMILES string of the molecule is CCCN1CCC2(CC1)Oc1ccccc1[C@H]2n1cccc1. The molecule has 1 atom stereocenters. The van der Waals surface area contributed by atoms with Crippen LogP contribution in [0.1, 0.15) is 37.8 Å². The van der Waals surface area contributed by atoms with Gasteiger partial charge in [-0.15, -0.1) is 0 Å². The molecule has 0 amide bonds. The maximum atomic E-state index is 6.55. The standard InChI is InChI=1S/C19H24N2O/c1-2-11-20-14-9-19(10-15-20)18(21-12-5-6-13-21)16-7-3-4-8-17(16)22-19/h3-8,12-13,18H,2,9-11,14-15H2,1H3/t18-/m1/s1. The third kappa shape index (κ3) is 2.15. The Morgan fingerprint density at radius 2 is 1.82 bits per heavy atom. The summed E-state index contributed by atoms with van der Waals surface area (Å²) in [5.74, 6) is 1.07. The van der Waals surface area contributed by atoms with E-state index in [1.807, 2.05) is 0 Å². The second-order valence-electron chi connectivity index (χ2n) is 6.58. The van der Waals surface area contributed by atoms with Crippen LogP contribution in [0.15, 0.2) is 48.8 Å². The van der Waals surface area contributed by atoms with Crippen LogP contribution >= 0.6 is 0 Å². The summed E-state index contributed by atoms with van der Waals surface area (Å²) in [7, 11) is 0. The topological polar surface area (TPSA) is 17.4 Å². The summed E-state index contributed by atoms with van der Waals surface area (Å²) in [6.45, 7) is 5.74. The lowest BCUT2D eigenvalue weighted by atomic mass is 9.82. The Kier molecular flexibility index (Phi) is 3.45. The minimum Gasteiger partial charge on any atom is -0.484 e. The van der Waals surface area contributed by atoms with Gasteiger partial charge in [0.1, 0.15) is 17.4 Å². The maximum absolute atomic E-state index is 6.55. The molecule has 1 aromatic heterocycles. The molecular weight excluding hydrogens is 272 g/mol. The molecule has 3 heterocycles. The molecule has 116 valence electrons. The van der Waals surface area contributed by atoms with Gasteiger partial charge in [-0.3, -0.25) is 0 Å². The molecule has 0 aliphatic carbocycles. The molecule has 0 saturated carbocycles. The zero-order valence-electron chi connectivity index (χ0n) is 13.2. The zero-order chi connectivity index (χ0) is 15.0. The van der Waals surface area contributed by atoms with Crippen LogP contribution in [-0.4, -0.2) is 34.7 Å². The Hall–Kier alpha value is -1.74. The van der Waals surface area contributed by atoms with E-state index in [1.165, 1.54) is 18.5 Å². The molecule has 0 bridgehead atoms. The number of ether oxygens (including phenoxy) is 1. The van der Waals surface area contributed by atoms with Crippen molar-refractivity contribution in [2.45, 2.75) is 37.8 Å². The molecule has 22 heavy (non-hydrogen) atoms. The molecule has 3 heteroatoms. The molecule has 3 nitrogen and oxygen atoms in total. The van der Waals surface area contributed by atoms with Crippen LogP contribution in [0.2, 0.25) is 0 Å². The van der Waals surface area contributed by atoms with Gasteiger partial charge in [0, 0.05) is 43.9 Å². The zero-order valence-corrected chi connectivity index (χ0v) is 13.2. The van der Waals surface area contributed by atoms with E-state index < -0.39 is 0 Å². The lowest BCUT2D eigenvalue weighted by Gasteiger charge is -2.42. The highest BCUT2D eigenvalue weighted by Crippen LogP contribution is 2.50. The van der Waals surface area contributed by atoms with Crippen LogP contribution in [0.25, 0.3) is 0 Å². The lowest BCUT2D eigenvalue weighted by Crippen LogP contribution is -2.50. The predicted octanol–water partition coefficient (Wildman–Crippen LogP) is 3.71. The van der Waals surface area contributed by atoms with E-state index in [0.717, 1.165) is 31.7 Å². The number of rotatable bonds is 3. The van der Waals surface area contributed by atoms with Gasteiger partial charge >= 0.3 is 0 Å². The third-order valence-electron chi connectivity index (χ3n) is 5.19. The van der Waals surface area contributed by atoms with E-state index >= 15 is 0 Å². The molecule has 1 aromatic carbocycles. The summed E-state index contributed by atoms with van der Waals surface area (Å²) in [5.41, 5.74) is 1.26. The van der Waals surface area contributed by atoms with Gasteiger partial charge in [-0.25, -0.2) is 0 Å². The van der Waals surface area contributed by atoms with Crippen molar-refractivity contribution < 1.29 is 4.74 Å². The first-order valence-corrected chi connectivity index (χ1v) is 8.45. The normalized spacial score (nSPS) is 23.4. The number of hydrogen-bond acceptors (Lipinski definition) is 2. The molecule has 1 saturated heterocycles. The quantitative estimate of drug-likeness (QED) is 0.859. The first-order valence-electron chi connectivity index (χ1n) is 8.45. The summed E-state index contributed by atoms with van der Waals surface area (Å²) in [6.07, 6.45) is 7.79. The molecule has 1 spiro atoms. The Bertz CT molecular complexity index is 627. The molecule has 0 radical (unpaired) electrons. The van der Waals surface area contributed by atoms with Gasteiger partial charge in [-0.2, -0.15) is 0 Å². The molecule has 4 rings (SSSR count). The number of benzene rings is 1. The van der Waals surface area contributed by atoms with Crippen LogP contribution in [0.5, 0.6) is 5.75 Å². The highest BCUT2D eigenvalue weighted by Gasteiger charge is 2.50. The monoisotopic (exact) mass is 296 g/mol. The molecule has 1 fully saturated rings. The molecule has 0 N–H and O–H groups in total. The van der Waals surface area contributed by atoms with Crippen LogP contribution in [0.4, 0.5) is 0 Å². The first kappa shape index (κ1) is 13.9. The van der Waals surface area contributed by atoms with Gasteiger partial charge in [0.15, 0.2) is 0 Å². The largest absolute Gasteiger partial charge is 0.484 e. The Morgan fingerprint density at radius 3 is 2.55 bits per heavy atom. The number of piperidine rings is 1. The fraction of sp³-hybridized carbons (Fsp3) is 0.474. The lowest BCUT2D eigenvalue weighted by molar-refractivity contribution is -0.00685. The molecule has 2 aromatic rings. The van der Waals surface area contributed by atoms with Crippen LogP contribution in [-0.2, 0) is 0 Å². The van der Waals surface area contributed by atoms with Gasteiger partial charge in [0.05, 0.1) is 0 Å². The van der Waals surface area contributed by atoms with E-state index in [2.05, 4.69) is 65.2 Å². The number of fused-ring (bicyclic) bond motifs is 1. The van der Waals surface area contributed by atoms with Gasteiger partial charge < -0.3 is 14.2 Å². The van der Waals surface area contributed by atoms with Gasteiger partial charge in [-0.1, -0.05) is 25.1 Å². The highest BCUT2D eigenvalue weighted by atomic mass is 16.5. The van der Waals surface area contributed by atoms with E-state index in [0.29, 0.717) is 6.04 Å². The number of nitrogens with zero attached hydrogens (tertiary/aromatic N) is 2. The molecule has 2 aliphatic heterocycles. The average molecular weight is 296 g/mol. The Balaban J connectivity index is 1.68. The minimum atomic E-state index is -0.0764. The highest BCUT2D eigenvalue weighted by molar-refractivity contribution is 5.43. The van der Waals surface area contributed by atoms with Crippen LogP contribution in [0.3, 0.4) is 0 Å². The molecule has 2 aliphatic rings. The summed E-state index contributed by atoms with van der Waals surface area (Å²) < 4.78 is 8.89. The average Bonchev–Trinajstić information content (AvgIpc) is 3.15. The van der Waals surface area contributed by atoms with Crippen molar-refractivity contribution in [3.63, 3.8) is 0 Å². The number of para-hydroxylation sites is 1. The van der Waals surface area contributed by atoms with Crippen molar-refractivity contribution in [2.24, 2.45) is 0 Å². The number of aromatic nitrogens is 1. The van der Waals surface area contributed by atoms with E-state index in [9.17, 15) is 0 Å². The fourth-order valence-electron chi connectivity index (χ4n) is 4.16. The Morgan fingerprint density at radius 1 is 1.09 bits per heavy atom. The predicted molar refractivity (Wildman–Crippen MR) is 88.3 cm³/mol. The smallest absolute Gasteiger partial charge is 0.136 e. The molecular formula is C19H24N2O. The summed E-state index contributed by atoms with van der Waals surface area (Å²) in [4.78, 5) is 2.57. The second kappa shape index (κ2) is 5.47. The van der Waals surface area contributed by atoms with Crippen LogP contribution < -0.4 is 4.74 Å². The third-order valence-corrected chi connectivity index (χ3v) is 5.19. The van der Waals surface area contributed by atoms with E-state index in [1.54, 1.807) is 0 Å². The first-order chi connectivity index (χ1) is 10.8. The van der Waals surface area contributed by atoms with E-state index in [4.69, 9.17) is 4.74 Å². The van der Waals surface area contributed by atoms with E-state index in [-0.39, 0.29) is 5.60 Å². The van der Waals surface area contributed by atoms with Crippen LogP contribution in [0, 0.1) is 0 Å². The molecule has 0 unspecified atom stereocenters.